The SMILES string of the molecule is O=c1c2ccccc2nc(C=Cc2cccnc2)n1-c1cc(Br)ccc1Br. The average molecular weight is 483 g/mol. The summed E-state index contributed by atoms with van der Waals surface area (Å²) in [6.45, 7) is 0. The second-order valence-corrected chi connectivity index (χ2v) is 7.61. The Morgan fingerprint density at radius 1 is 0.963 bits per heavy atom. The lowest BCUT2D eigenvalue weighted by atomic mass is 10.2. The van der Waals surface area contributed by atoms with Crippen LogP contribution in [0.5, 0.6) is 0 Å². The second kappa shape index (κ2) is 7.58. The highest BCUT2D eigenvalue weighted by Crippen LogP contribution is 2.26. The van der Waals surface area contributed by atoms with Gasteiger partial charge in [-0.3, -0.25) is 14.3 Å². The van der Waals surface area contributed by atoms with Crippen molar-refractivity contribution in [2.75, 3.05) is 0 Å². The van der Waals surface area contributed by atoms with Gasteiger partial charge in [-0.25, -0.2) is 4.98 Å². The Morgan fingerprint density at radius 3 is 2.63 bits per heavy atom. The maximum Gasteiger partial charge on any atom is 0.266 e. The zero-order valence-electron chi connectivity index (χ0n) is 14.0. The van der Waals surface area contributed by atoms with Crippen LogP contribution >= 0.6 is 31.9 Å². The predicted octanol–water partition coefficient (Wildman–Crippen LogP) is 5.48. The molecule has 0 amide bonds. The molecule has 6 heteroatoms. The van der Waals surface area contributed by atoms with E-state index in [4.69, 9.17) is 4.98 Å². The van der Waals surface area contributed by atoms with Gasteiger partial charge in [-0.2, -0.15) is 0 Å². The molecule has 4 nitrogen and oxygen atoms in total. The number of hydrogen-bond acceptors (Lipinski definition) is 3. The molecule has 0 atom stereocenters. The summed E-state index contributed by atoms with van der Waals surface area (Å²) in [5.74, 6) is 0.543. The Bertz CT molecular complexity index is 1220. The third-order valence-electron chi connectivity index (χ3n) is 4.06. The number of aromatic nitrogens is 3. The lowest BCUT2D eigenvalue weighted by Gasteiger charge is -2.13. The first-order chi connectivity index (χ1) is 13.1. The van der Waals surface area contributed by atoms with Crippen molar-refractivity contribution in [1.29, 1.82) is 0 Å². The molecule has 0 aliphatic carbocycles. The van der Waals surface area contributed by atoms with E-state index >= 15 is 0 Å². The lowest BCUT2D eigenvalue weighted by Crippen LogP contribution is -2.22. The van der Waals surface area contributed by atoms with Crippen LogP contribution in [0.4, 0.5) is 0 Å². The zero-order valence-corrected chi connectivity index (χ0v) is 17.2. The quantitative estimate of drug-likeness (QED) is 0.388. The molecule has 0 aliphatic heterocycles. The van der Waals surface area contributed by atoms with E-state index in [9.17, 15) is 4.79 Å². The van der Waals surface area contributed by atoms with E-state index in [0.717, 1.165) is 20.2 Å². The Morgan fingerprint density at radius 2 is 1.81 bits per heavy atom. The van der Waals surface area contributed by atoms with Gasteiger partial charge in [0.1, 0.15) is 5.82 Å². The van der Waals surface area contributed by atoms with Crippen molar-refractivity contribution >= 4 is 54.9 Å². The summed E-state index contributed by atoms with van der Waals surface area (Å²) in [7, 11) is 0. The Balaban J connectivity index is 2.00. The topological polar surface area (TPSA) is 47.8 Å². The van der Waals surface area contributed by atoms with Crippen LogP contribution in [0.15, 0.2) is 80.7 Å². The van der Waals surface area contributed by atoms with Gasteiger partial charge in [0.2, 0.25) is 0 Å². The van der Waals surface area contributed by atoms with Crippen LogP contribution in [0.25, 0.3) is 28.7 Å². The van der Waals surface area contributed by atoms with Crippen molar-refractivity contribution < 1.29 is 0 Å². The van der Waals surface area contributed by atoms with Crippen molar-refractivity contribution in [2.45, 2.75) is 0 Å². The first kappa shape index (κ1) is 17.8. The van der Waals surface area contributed by atoms with E-state index in [1.54, 1.807) is 23.0 Å². The smallest absolute Gasteiger partial charge is 0.266 e. The van der Waals surface area contributed by atoms with Crippen molar-refractivity contribution in [2.24, 2.45) is 0 Å². The van der Waals surface area contributed by atoms with Gasteiger partial charge in [0.15, 0.2) is 0 Å². The monoisotopic (exact) mass is 481 g/mol. The van der Waals surface area contributed by atoms with Crippen LogP contribution in [0.1, 0.15) is 11.4 Å². The van der Waals surface area contributed by atoms with Crippen LogP contribution in [0.3, 0.4) is 0 Å². The molecule has 132 valence electrons. The molecule has 0 aliphatic rings. The van der Waals surface area contributed by atoms with Gasteiger partial charge in [0.25, 0.3) is 5.56 Å². The van der Waals surface area contributed by atoms with E-state index in [1.807, 2.05) is 60.7 Å². The lowest BCUT2D eigenvalue weighted by molar-refractivity contribution is 0.938. The van der Waals surface area contributed by atoms with Gasteiger partial charge in [-0.05, 0) is 70.0 Å². The second-order valence-electron chi connectivity index (χ2n) is 5.84. The fourth-order valence-electron chi connectivity index (χ4n) is 2.80. The third kappa shape index (κ3) is 3.63. The standard InChI is InChI=1S/C21H13Br2N3O/c22-15-8-9-17(23)19(12-15)26-20(10-7-14-4-3-11-24-13-14)25-18-6-2-1-5-16(18)21(26)27/h1-13H. The molecular formula is C21H13Br2N3O. The number of rotatable bonds is 3. The molecule has 0 saturated heterocycles. The molecule has 0 radical (unpaired) electrons. The van der Waals surface area contributed by atoms with E-state index in [1.165, 1.54) is 0 Å². The largest absolute Gasteiger partial charge is 0.268 e. The maximum atomic E-state index is 13.3. The Kier molecular flexibility index (Phi) is 5.01. The van der Waals surface area contributed by atoms with Crippen molar-refractivity contribution in [1.82, 2.24) is 14.5 Å². The van der Waals surface area contributed by atoms with E-state index in [2.05, 4.69) is 36.8 Å². The Hall–Kier alpha value is -2.57. The zero-order chi connectivity index (χ0) is 18.8. The summed E-state index contributed by atoms with van der Waals surface area (Å²) >= 11 is 7.04. The summed E-state index contributed by atoms with van der Waals surface area (Å²) in [6.07, 6.45) is 7.21. The molecule has 0 bridgehead atoms. The number of pyridine rings is 1. The number of hydrogen-bond donors (Lipinski definition) is 0. The highest BCUT2D eigenvalue weighted by molar-refractivity contribution is 9.11. The number of benzene rings is 2. The van der Waals surface area contributed by atoms with Gasteiger partial charge in [0.05, 0.1) is 16.6 Å². The van der Waals surface area contributed by atoms with Crippen LogP contribution in [-0.2, 0) is 0 Å². The average Bonchev–Trinajstić information content (AvgIpc) is 2.69. The summed E-state index contributed by atoms with van der Waals surface area (Å²) in [5, 5.41) is 0.572. The number of halogens is 2. The van der Waals surface area contributed by atoms with Gasteiger partial charge in [-0.15, -0.1) is 0 Å². The minimum absolute atomic E-state index is 0.120. The van der Waals surface area contributed by atoms with Crippen LogP contribution in [0, 0.1) is 0 Å². The number of fused-ring (bicyclic) bond motifs is 1. The molecule has 2 aromatic carbocycles. The highest BCUT2D eigenvalue weighted by Gasteiger charge is 2.13. The van der Waals surface area contributed by atoms with Crippen LogP contribution in [0.2, 0.25) is 0 Å². The molecule has 4 aromatic rings. The molecule has 0 spiro atoms. The molecule has 2 heterocycles. The normalized spacial score (nSPS) is 11.3. The Labute approximate surface area is 172 Å². The van der Waals surface area contributed by atoms with E-state index in [0.29, 0.717) is 16.7 Å². The molecule has 4 rings (SSSR count). The number of nitrogens with zero attached hydrogens (tertiary/aromatic N) is 3. The van der Waals surface area contributed by atoms with Crippen LogP contribution < -0.4 is 5.56 Å². The molecule has 0 saturated carbocycles. The first-order valence-corrected chi connectivity index (χ1v) is 9.77. The summed E-state index contributed by atoms with van der Waals surface area (Å²) in [6, 6.07) is 16.9. The molecule has 27 heavy (non-hydrogen) atoms. The van der Waals surface area contributed by atoms with E-state index in [-0.39, 0.29) is 5.56 Å². The minimum Gasteiger partial charge on any atom is -0.268 e. The fourth-order valence-corrected chi connectivity index (χ4v) is 3.57. The molecule has 0 fully saturated rings. The molecule has 0 N–H and O–H groups in total. The summed E-state index contributed by atoms with van der Waals surface area (Å²) < 4.78 is 3.30. The summed E-state index contributed by atoms with van der Waals surface area (Å²) in [4.78, 5) is 22.1. The molecule has 2 aromatic heterocycles. The van der Waals surface area contributed by atoms with Crippen LogP contribution in [-0.4, -0.2) is 14.5 Å². The van der Waals surface area contributed by atoms with Gasteiger partial charge >= 0.3 is 0 Å². The first-order valence-electron chi connectivity index (χ1n) is 8.19. The van der Waals surface area contributed by atoms with Gasteiger partial charge in [0, 0.05) is 21.3 Å². The van der Waals surface area contributed by atoms with Crippen molar-refractivity contribution in [3.63, 3.8) is 0 Å². The highest BCUT2D eigenvalue weighted by atomic mass is 79.9. The third-order valence-corrected chi connectivity index (χ3v) is 5.22. The van der Waals surface area contributed by atoms with Crippen molar-refractivity contribution in [3.05, 3.63) is 97.7 Å². The number of para-hydroxylation sites is 1. The minimum atomic E-state index is -0.120. The van der Waals surface area contributed by atoms with Gasteiger partial charge in [-0.1, -0.05) is 34.1 Å². The van der Waals surface area contributed by atoms with Gasteiger partial charge < -0.3 is 0 Å². The summed E-state index contributed by atoms with van der Waals surface area (Å²) in [5.41, 5.74) is 2.19. The maximum absolute atomic E-state index is 13.3. The fraction of sp³-hybridized carbons (Fsp3) is 0. The van der Waals surface area contributed by atoms with E-state index < -0.39 is 0 Å². The molecule has 0 unspecified atom stereocenters. The molecular weight excluding hydrogens is 470 g/mol. The van der Waals surface area contributed by atoms with Crippen molar-refractivity contribution in [3.8, 4) is 5.69 Å². The predicted molar refractivity (Wildman–Crippen MR) is 116 cm³/mol.